The average Bonchev–Trinajstić information content (AvgIpc) is 3.07. The summed E-state index contributed by atoms with van der Waals surface area (Å²) < 4.78 is 25.8. The molecule has 1 aliphatic carbocycles. The van der Waals surface area contributed by atoms with Gasteiger partial charge in [-0.25, -0.2) is 8.78 Å². The number of carboxylic acids is 1. The molecular weight excluding hydrogens is 256 g/mol. The molecule has 1 fully saturated rings. The zero-order valence-electron chi connectivity index (χ0n) is 10.0. The van der Waals surface area contributed by atoms with Crippen molar-refractivity contribution in [2.45, 2.75) is 12.8 Å². The van der Waals surface area contributed by atoms with Gasteiger partial charge in [0.2, 0.25) is 5.91 Å². The average molecular weight is 269 g/mol. The SMILES string of the molecule is O=C(O)[C@@H]1C[C@H]1C(=O)NCCc1cc(F)cc(F)c1. The number of carbonyl (C=O) groups is 2. The summed E-state index contributed by atoms with van der Waals surface area (Å²) in [6.07, 6.45) is 0.653. The first kappa shape index (κ1) is 13.5. The number of hydrogen-bond donors (Lipinski definition) is 2. The maximum absolute atomic E-state index is 12.9. The summed E-state index contributed by atoms with van der Waals surface area (Å²) >= 11 is 0. The molecule has 1 aromatic carbocycles. The molecular formula is C13H13F2NO3. The smallest absolute Gasteiger partial charge is 0.307 e. The summed E-state index contributed by atoms with van der Waals surface area (Å²) in [4.78, 5) is 22.1. The van der Waals surface area contributed by atoms with Gasteiger partial charge in [0.05, 0.1) is 11.8 Å². The van der Waals surface area contributed by atoms with E-state index in [9.17, 15) is 18.4 Å². The summed E-state index contributed by atoms with van der Waals surface area (Å²) in [6, 6.07) is 3.18. The lowest BCUT2D eigenvalue weighted by Crippen LogP contribution is -2.28. The first-order valence-electron chi connectivity index (χ1n) is 5.93. The second-order valence-electron chi connectivity index (χ2n) is 4.61. The van der Waals surface area contributed by atoms with Crippen molar-refractivity contribution in [3.05, 3.63) is 35.4 Å². The van der Waals surface area contributed by atoms with Crippen LogP contribution in [-0.4, -0.2) is 23.5 Å². The van der Waals surface area contributed by atoms with Crippen LogP contribution in [0.1, 0.15) is 12.0 Å². The Bertz CT molecular complexity index is 498. The first-order valence-corrected chi connectivity index (χ1v) is 5.93. The van der Waals surface area contributed by atoms with Crippen LogP contribution >= 0.6 is 0 Å². The lowest BCUT2D eigenvalue weighted by molar-refractivity contribution is -0.140. The number of amides is 1. The van der Waals surface area contributed by atoms with E-state index in [-0.39, 0.29) is 12.5 Å². The molecule has 1 aromatic rings. The fraction of sp³-hybridized carbons (Fsp3) is 0.385. The highest BCUT2D eigenvalue weighted by Gasteiger charge is 2.48. The van der Waals surface area contributed by atoms with E-state index in [1.54, 1.807) is 0 Å². The van der Waals surface area contributed by atoms with Crippen molar-refractivity contribution in [2.24, 2.45) is 11.8 Å². The maximum atomic E-state index is 12.9. The Hall–Kier alpha value is -1.98. The lowest BCUT2D eigenvalue weighted by Gasteiger charge is -2.05. The molecule has 0 bridgehead atoms. The molecule has 2 rings (SSSR count). The van der Waals surface area contributed by atoms with Gasteiger partial charge >= 0.3 is 5.97 Å². The molecule has 0 radical (unpaired) electrons. The number of carboxylic acid groups (broad SMARTS) is 1. The molecule has 0 spiro atoms. The van der Waals surface area contributed by atoms with Crippen LogP contribution in [0.2, 0.25) is 0 Å². The van der Waals surface area contributed by atoms with Crippen LogP contribution in [0.25, 0.3) is 0 Å². The standard InChI is InChI=1S/C13H13F2NO3/c14-8-3-7(4-9(15)5-8)1-2-16-12(17)10-6-11(10)13(18)19/h3-5,10-11H,1-2,6H2,(H,16,17)(H,18,19)/t10-,11-/m1/s1. The Morgan fingerprint density at radius 1 is 1.21 bits per heavy atom. The molecule has 0 unspecified atom stereocenters. The molecule has 4 nitrogen and oxygen atoms in total. The van der Waals surface area contributed by atoms with E-state index in [1.807, 2.05) is 0 Å². The van der Waals surface area contributed by atoms with Crippen LogP contribution in [0.3, 0.4) is 0 Å². The molecule has 0 aromatic heterocycles. The minimum atomic E-state index is -0.965. The van der Waals surface area contributed by atoms with Crippen molar-refractivity contribution < 1.29 is 23.5 Å². The predicted octanol–water partition coefficient (Wildman–Crippen LogP) is 1.34. The van der Waals surface area contributed by atoms with E-state index in [4.69, 9.17) is 5.11 Å². The summed E-state index contributed by atoms with van der Waals surface area (Å²) in [5, 5.41) is 11.2. The van der Waals surface area contributed by atoms with Gasteiger partial charge in [0.25, 0.3) is 0 Å². The van der Waals surface area contributed by atoms with Gasteiger partial charge in [-0.1, -0.05) is 0 Å². The Morgan fingerprint density at radius 2 is 1.84 bits per heavy atom. The largest absolute Gasteiger partial charge is 0.481 e. The predicted molar refractivity (Wildman–Crippen MR) is 62.3 cm³/mol. The second-order valence-corrected chi connectivity index (χ2v) is 4.61. The number of carbonyl (C=O) groups excluding carboxylic acids is 1. The first-order chi connectivity index (χ1) is 8.97. The van der Waals surface area contributed by atoms with E-state index < -0.39 is 29.4 Å². The maximum Gasteiger partial charge on any atom is 0.307 e. The number of halogens is 2. The minimum absolute atomic E-state index is 0.227. The number of aliphatic carboxylic acids is 1. The van der Waals surface area contributed by atoms with Gasteiger partial charge in [-0.2, -0.15) is 0 Å². The number of hydrogen-bond acceptors (Lipinski definition) is 2. The van der Waals surface area contributed by atoms with Crippen molar-refractivity contribution >= 4 is 11.9 Å². The molecule has 2 atom stereocenters. The molecule has 19 heavy (non-hydrogen) atoms. The summed E-state index contributed by atoms with van der Waals surface area (Å²) in [7, 11) is 0. The Morgan fingerprint density at radius 3 is 2.37 bits per heavy atom. The summed E-state index contributed by atoms with van der Waals surface area (Å²) in [5.74, 6) is -3.66. The lowest BCUT2D eigenvalue weighted by atomic mass is 10.1. The highest BCUT2D eigenvalue weighted by molar-refractivity contribution is 5.89. The van der Waals surface area contributed by atoms with E-state index >= 15 is 0 Å². The van der Waals surface area contributed by atoms with Crippen molar-refractivity contribution in [1.82, 2.24) is 5.32 Å². The second kappa shape index (κ2) is 5.34. The van der Waals surface area contributed by atoms with E-state index in [2.05, 4.69) is 5.32 Å². The fourth-order valence-corrected chi connectivity index (χ4v) is 1.97. The van der Waals surface area contributed by atoms with Crippen LogP contribution < -0.4 is 5.32 Å². The third kappa shape index (κ3) is 3.49. The van der Waals surface area contributed by atoms with Gasteiger partial charge in [0.15, 0.2) is 0 Å². The quantitative estimate of drug-likeness (QED) is 0.847. The molecule has 1 amide bonds. The third-order valence-corrected chi connectivity index (χ3v) is 3.08. The fourth-order valence-electron chi connectivity index (χ4n) is 1.97. The van der Waals surface area contributed by atoms with Crippen LogP contribution in [0.4, 0.5) is 8.78 Å². The Kier molecular flexibility index (Phi) is 3.78. The van der Waals surface area contributed by atoms with Gasteiger partial charge in [0, 0.05) is 12.6 Å². The normalized spacial score (nSPS) is 20.9. The topological polar surface area (TPSA) is 66.4 Å². The monoisotopic (exact) mass is 269 g/mol. The van der Waals surface area contributed by atoms with Crippen LogP contribution in [-0.2, 0) is 16.0 Å². The molecule has 1 saturated carbocycles. The number of nitrogens with one attached hydrogen (secondary N) is 1. The summed E-state index contributed by atoms with van der Waals surface area (Å²) in [5.41, 5.74) is 0.448. The van der Waals surface area contributed by atoms with Crippen LogP contribution in [0.15, 0.2) is 18.2 Å². The van der Waals surface area contributed by atoms with Gasteiger partial charge in [-0.15, -0.1) is 0 Å². The molecule has 0 saturated heterocycles. The number of benzene rings is 1. The molecule has 6 heteroatoms. The molecule has 0 heterocycles. The highest BCUT2D eigenvalue weighted by Crippen LogP contribution is 2.38. The van der Waals surface area contributed by atoms with Gasteiger partial charge in [-0.05, 0) is 30.5 Å². The van der Waals surface area contributed by atoms with E-state index in [0.717, 1.165) is 6.07 Å². The van der Waals surface area contributed by atoms with Crippen LogP contribution in [0, 0.1) is 23.5 Å². The Labute approximate surface area is 108 Å². The van der Waals surface area contributed by atoms with Gasteiger partial charge in [0.1, 0.15) is 11.6 Å². The third-order valence-electron chi connectivity index (χ3n) is 3.08. The van der Waals surface area contributed by atoms with Crippen molar-refractivity contribution in [1.29, 1.82) is 0 Å². The zero-order chi connectivity index (χ0) is 14.0. The van der Waals surface area contributed by atoms with Gasteiger partial charge < -0.3 is 10.4 Å². The zero-order valence-corrected chi connectivity index (χ0v) is 10.0. The molecule has 1 aliphatic rings. The van der Waals surface area contributed by atoms with E-state index in [0.29, 0.717) is 18.4 Å². The summed E-state index contributed by atoms with van der Waals surface area (Å²) in [6.45, 7) is 0.227. The highest BCUT2D eigenvalue weighted by atomic mass is 19.1. The molecule has 102 valence electrons. The molecule has 0 aliphatic heterocycles. The van der Waals surface area contributed by atoms with Crippen molar-refractivity contribution in [2.75, 3.05) is 6.54 Å². The number of rotatable bonds is 5. The van der Waals surface area contributed by atoms with Crippen molar-refractivity contribution in [3.63, 3.8) is 0 Å². The molecule has 2 N–H and O–H groups in total. The van der Waals surface area contributed by atoms with Gasteiger partial charge in [-0.3, -0.25) is 9.59 Å². The van der Waals surface area contributed by atoms with Crippen molar-refractivity contribution in [3.8, 4) is 0 Å². The Balaban J connectivity index is 1.78. The minimum Gasteiger partial charge on any atom is -0.481 e. The van der Waals surface area contributed by atoms with E-state index in [1.165, 1.54) is 12.1 Å². The van der Waals surface area contributed by atoms with Crippen LogP contribution in [0.5, 0.6) is 0 Å².